The first-order chi connectivity index (χ1) is 16.4. The van der Waals surface area contributed by atoms with E-state index in [1.165, 1.54) is 15.8 Å². The zero-order valence-electron chi connectivity index (χ0n) is 18.8. The summed E-state index contributed by atoms with van der Waals surface area (Å²) in [4.78, 5) is 7.08. The van der Waals surface area contributed by atoms with E-state index in [-0.39, 0.29) is 6.17 Å². The van der Waals surface area contributed by atoms with Gasteiger partial charge < -0.3 is 4.90 Å². The highest BCUT2D eigenvalue weighted by molar-refractivity contribution is 7.09. The maximum Gasteiger partial charge on any atom is 0.435 e. The van der Waals surface area contributed by atoms with Gasteiger partial charge in [-0.05, 0) is 37.0 Å². The Kier molecular flexibility index (Phi) is 6.46. The molecule has 1 aromatic carbocycles. The van der Waals surface area contributed by atoms with Crippen molar-refractivity contribution in [3.05, 3.63) is 75.1 Å². The average Bonchev–Trinajstić information content (AvgIpc) is 3.40. The summed E-state index contributed by atoms with van der Waals surface area (Å²) < 4.78 is 39.9. The van der Waals surface area contributed by atoms with E-state index in [0.717, 1.165) is 55.8 Å². The van der Waals surface area contributed by atoms with Crippen molar-refractivity contribution in [3.63, 3.8) is 0 Å². The topological polar surface area (TPSA) is 58.0 Å². The molecule has 0 spiro atoms. The molecule has 4 heterocycles. The zero-order chi connectivity index (χ0) is 23.7. The molecule has 2 aromatic heterocycles. The molecule has 2 N–H and O–H groups in total. The van der Waals surface area contributed by atoms with Gasteiger partial charge in [-0.3, -0.25) is 10.6 Å². The second-order valence-electron chi connectivity index (χ2n) is 8.80. The Bertz CT molecular complexity index is 1130. The number of hydrogen-bond acceptors (Lipinski definition) is 6. The van der Waals surface area contributed by atoms with Crippen LogP contribution >= 0.6 is 11.3 Å². The van der Waals surface area contributed by atoms with Gasteiger partial charge in [0.25, 0.3) is 0 Å². The molecular weight excluding hydrogens is 461 g/mol. The monoisotopic (exact) mass is 488 g/mol. The van der Waals surface area contributed by atoms with Crippen LogP contribution in [-0.4, -0.2) is 32.8 Å². The summed E-state index contributed by atoms with van der Waals surface area (Å²) in [5, 5.41) is 14.1. The molecule has 2 aliphatic rings. The Morgan fingerprint density at radius 3 is 2.35 bits per heavy atom. The molecule has 180 valence electrons. The minimum Gasteiger partial charge on any atom is -0.376 e. The van der Waals surface area contributed by atoms with Crippen molar-refractivity contribution >= 4 is 17.5 Å². The van der Waals surface area contributed by atoms with E-state index < -0.39 is 11.9 Å². The number of likely N-dealkylation sites (tertiary alicyclic amines) is 1. The Morgan fingerprint density at radius 1 is 1.06 bits per heavy atom. The fourth-order valence-electron chi connectivity index (χ4n) is 4.46. The van der Waals surface area contributed by atoms with Gasteiger partial charge in [0.1, 0.15) is 6.17 Å². The highest BCUT2D eigenvalue weighted by atomic mass is 32.1. The maximum atomic E-state index is 12.9. The molecule has 0 radical (unpaired) electrons. The van der Waals surface area contributed by atoms with Crippen molar-refractivity contribution in [1.29, 1.82) is 0 Å². The van der Waals surface area contributed by atoms with Crippen LogP contribution in [0.15, 0.2) is 41.9 Å². The minimum absolute atomic E-state index is 0.0272. The van der Waals surface area contributed by atoms with Crippen molar-refractivity contribution in [1.82, 2.24) is 30.3 Å². The molecule has 10 heteroatoms. The molecule has 6 nitrogen and oxygen atoms in total. The second-order valence-corrected chi connectivity index (χ2v) is 9.69. The van der Waals surface area contributed by atoms with Gasteiger partial charge in [-0.2, -0.15) is 18.3 Å². The quantitative estimate of drug-likeness (QED) is 0.549. The summed E-state index contributed by atoms with van der Waals surface area (Å²) in [6, 6.07) is 9.51. The number of aromatic nitrogens is 3. The Balaban J connectivity index is 1.16. The van der Waals surface area contributed by atoms with Crippen LogP contribution in [0.4, 0.5) is 13.2 Å². The number of fused-ring (bicyclic) bond motifs is 1. The first-order valence-corrected chi connectivity index (χ1v) is 12.3. The Morgan fingerprint density at radius 2 is 1.74 bits per heavy atom. The summed E-state index contributed by atoms with van der Waals surface area (Å²) >= 11 is 1.71. The summed E-state index contributed by atoms with van der Waals surface area (Å²) in [5.41, 5.74) is 3.25. The third-order valence-corrected chi connectivity index (χ3v) is 7.48. The van der Waals surface area contributed by atoms with Gasteiger partial charge in [0.15, 0.2) is 5.69 Å². The Hall–Kier alpha value is -2.69. The van der Waals surface area contributed by atoms with Crippen molar-refractivity contribution in [2.45, 2.75) is 51.1 Å². The molecule has 1 fully saturated rings. The molecule has 0 atom stereocenters. The number of benzene rings is 1. The van der Waals surface area contributed by atoms with Crippen LogP contribution in [0.3, 0.4) is 0 Å². The van der Waals surface area contributed by atoms with Crippen LogP contribution in [0.25, 0.3) is 6.20 Å². The van der Waals surface area contributed by atoms with E-state index in [0.29, 0.717) is 11.6 Å². The number of hydrogen-bond donors (Lipinski definition) is 2. The Labute approximate surface area is 200 Å². The molecule has 34 heavy (non-hydrogen) atoms. The number of alkyl halides is 3. The van der Waals surface area contributed by atoms with Crippen LogP contribution in [0.2, 0.25) is 0 Å². The van der Waals surface area contributed by atoms with E-state index in [1.54, 1.807) is 24.5 Å². The number of nitrogens with zero attached hydrogens (tertiary/aromatic N) is 4. The maximum absolute atomic E-state index is 12.9. The summed E-state index contributed by atoms with van der Waals surface area (Å²) in [7, 11) is 0. The molecule has 0 amide bonds. The summed E-state index contributed by atoms with van der Waals surface area (Å²) in [5.74, 6) is 0.398. The van der Waals surface area contributed by atoms with Crippen LogP contribution in [0.5, 0.6) is 0 Å². The van der Waals surface area contributed by atoms with Crippen molar-refractivity contribution in [3.8, 4) is 0 Å². The van der Waals surface area contributed by atoms with Gasteiger partial charge in [0.05, 0.1) is 10.7 Å². The molecule has 1 saturated heterocycles. The summed E-state index contributed by atoms with van der Waals surface area (Å²) in [6.45, 7) is 4.91. The predicted octanol–water partition coefficient (Wildman–Crippen LogP) is 4.87. The van der Waals surface area contributed by atoms with Gasteiger partial charge in [0.2, 0.25) is 0 Å². The standard InChI is InChI=1S/C24H27F3N6S/c1-16-12-21(24(25,26)27)31-33(16)11-10-32-8-6-17(7-9-32)23-30-20(15-34-23)22-28-13-18-4-2-3-5-19(18)14-29-22/h2-5,10-12,15,17,22,28-29H,6-9,13-14H2,1H3. The number of thiazole rings is 1. The first-order valence-electron chi connectivity index (χ1n) is 11.4. The average molecular weight is 489 g/mol. The van der Waals surface area contributed by atoms with E-state index in [2.05, 4.69) is 50.3 Å². The highest BCUT2D eigenvalue weighted by Gasteiger charge is 2.34. The van der Waals surface area contributed by atoms with E-state index in [4.69, 9.17) is 4.98 Å². The number of piperidine rings is 1. The molecule has 0 aliphatic carbocycles. The van der Waals surface area contributed by atoms with E-state index in [1.807, 2.05) is 6.20 Å². The minimum atomic E-state index is -4.43. The largest absolute Gasteiger partial charge is 0.435 e. The van der Waals surface area contributed by atoms with Gasteiger partial charge in [0, 0.05) is 55.6 Å². The van der Waals surface area contributed by atoms with E-state index >= 15 is 0 Å². The molecule has 0 bridgehead atoms. The van der Waals surface area contributed by atoms with Crippen LogP contribution in [0, 0.1) is 6.92 Å². The molecule has 0 saturated carbocycles. The molecular formula is C24H27F3N6S. The van der Waals surface area contributed by atoms with Gasteiger partial charge in [-0.25, -0.2) is 9.67 Å². The number of nitrogens with one attached hydrogen (secondary N) is 2. The van der Waals surface area contributed by atoms with Crippen molar-refractivity contribution in [2.75, 3.05) is 13.1 Å². The first kappa shape index (κ1) is 23.1. The van der Waals surface area contributed by atoms with Gasteiger partial charge in [-0.1, -0.05) is 24.3 Å². The smallest absolute Gasteiger partial charge is 0.376 e. The third kappa shape index (κ3) is 5.03. The van der Waals surface area contributed by atoms with Crippen LogP contribution in [0.1, 0.15) is 58.1 Å². The molecule has 0 unspecified atom stereocenters. The number of halogens is 3. The third-order valence-electron chi connectivity index (χ3n) is 6.46. The van der Waals surface area contributed by atoms with E-state index in [9.17, 15) is 13.2 Å². The van der Waals surface area contributed by atoms with Gasteiger partial charge in [-0.15, -0.1) is 11.3 Å². The number of aryl methyl sites for hydroxylation is 1. The van der Waals surface area contributed by atoms with Crippen LogP contribution < -0.4 is 10.6 Å². The highest BCUT2D eigenvalue weighted by Crippen LogP contribution is 2.32. The lowest BCUT2D eigenvalue weighted by Gasteiger charge is -2.30. The lowest BCUT2D eigenvalue weighted by molar-refractivity contribution is -0.141. The predicted molar refractivity (Wildman–Crippen MR) is 126 cm³/mol. The number of rotatable bonds is 4. The molecule has 5 rings (SSSR count). The van der Waals surface area contributed by atoms with Crippen molar-refractivity contribution in [2.24, 2.45) is 0 Å². The SMILES string of the molecule is Cc1cc(C(F)(F)F)nn1C=CN1CCC(c2nc(C3NCc4ccccc4CN3)cs2)CC1. The summed E-state index contributed by atoms with van der Waals surface area (Å²) in [6.07, 6.45) is 0.953. The normalized spacial score (nSPS) is 18.4. The van der Waals surface area contributed by atoms with Gasteiger partial charge >= 0.3 is 6.18 Å². The molecule has 3 aromatic rings. The zero-order valence-corrected chi connectivity index (χ0v) is 19.7. The lowest BCUT2D eigenvalue weighted by atomic mass is 9.98. The fourth-order valence-corrected chi connectivity index (χ4v) is 5.48. The van der Waals surface area contributed by atoms with Crippen LogP contribution in [-0.2, 0) is 19.3 Å². The lowest BCUT2D eigenvalue weighted by Crippen LogP contribution is -2.31. The molecule has 2 aliphatic heterocycles. The van der Waals surface area contributed by atoms with Crippen molar-refractivity contribution < 1.29 is 13.2 Å². The second kappa shape index (κ2) is 9.52. The fraction of sp³-hybridized carbons (Fsp3) is 0.417.